The summed E-state index contributed by atoms with van der Waals surface area (Å²) < 4.78 is 0. The maximum atomic E-state index is 11.5. The number of carboxylic acid groups (broad SMARTS) is 3. The Morgan fingerprint density at radius 3 is 1.60 bits per heavy atom. The van der Waals surface area contributed by atoms with E-state index in [9.17, 15) is 29.7 Å². The van der Waals surface area contributed by atoms with E-state index in [1.807, 2.05) is 23.1 Å². The second-order valence-electron chi connectivity index (χ2n) is 9.35. The van der Waals surface area contributed by atoms with E-state index in [0.717, 1.165) is 11.4 Å². The van der Waals surface area contributed by atoms with Gasteiger partial charge in [0.05, 0.1) is 29.3 Å². The van der Waals surface area contributed by atoms with Gasteiger partial charge in [-0.05, 0) is 36.4 Å². The van der Waals surface area contributed by atoms with Crippen molar-refractivity contribution in [2.45, 2.75) is 26.2 Å². The van der Waals surface area contributed by atoms with Crippen molar-refractivity contribution in [3.05, 3.63) is 88.8 Å². The summed E-state index contributed by atoms with van der Waals surface area (Å²) in [6, 6.07) is 15.5. The number of nitrogens with zero attached hydrogens (tertiary/aromatic N) is 6. The van der Waals surface area contributed by atoms with Crippen LogP contribution < -0.4 is 0 Å². The zero-order chi connectivity index (χ0) is 27.8. The smallest absolute Gasteiger partial charge is 0.480 e. The van der Waals surface area contributed by atoms with Crippen LogP contribution in [0.3, 0.4) is 0 Å². The Labute approximate surface area is 262 Å². The number of aromatic carboxylic acids is 2. The Morgan fingerprint density at radius 2 is 1.07 bits per heavy atom. The van der Waals surface area contributed by atoms with Gasteiger partial charge in [0.1, 0.15) is 11.4 Å². The Hall–Kier alpha value is -2.97. The number of rotatable bonds is 8. The third-order valence-corrected chi connectivity index (χ3v) is 6.28. The monoisotopic (exact) mass is 693 g/mol. The van der Waals surface area contributed by atoms with Gasteiger partial charge in [-0.25, -0.2) is 19.6 Å². The molecule has 0 atom stereocenters. The summed E-state index contributed by atoms with van der Waals surface area (Å²) in [5.74, 6) is -3.12. The van der Waals surface area contributed by atoms with E-state index < -0.39 is 17.9 Å². The van der Waals surface area contributed by atoms with Gasteiger partial charge in [-0.15, -0.1) is 0 Å². The van der Waals surface area contributed by atoms with Gasteiger partial charge in [0.15, 0.2) is 0 Å². The van der Waals surface area contributed by atoms with E-state index in [0.29, 0.717) is 63.7 Å². The second-order valence-corrected chi connectivity index (χ2v) is 9.35. The molecule has 0 spiro atoms. The van der Waals surface area contributed by atoms with Gasteiger partial charge in [0, 0.05) is 52.4 Å². The van der Waals surface area contributed by atoms with Crippen LogP contribution in [0, 0.1) is 38.6 Å². The number of aromatic nitrogens is 3. The van der Waals surface area contributed by atoms with Gasteiger partial charge < -0.3 is 15.3 Å². The summed E-state index contributed by atoms with van der Waals surface area (Å²) >= 11 is 0. The van der Waals surface area contributed by atoms with Crippen LogP contribution in [0.1, 0.15) is 43.8 Å². The number of pyridine rings is 3. The molecule has 3 aromatic heterocycles. The van der Waals surface area contributed by atoms with Crippen molar-refractivity contribution in [2.24, 2.45) is 0 Å². The molecule has 0 fully saturated rings. The summed E-state index contributed by atoms with van der Waals surface area (Å²) in [6.07, 6.45) is 0. The van der Waals surface area contributed by atoms with Crippen LogP contribution >= 0.6 is 0 Å². The Kier molecular flexibility index (Phi) is 11.9. The van der Waals surface area contributed by atoms with E-state index >= 15 is 0 Å². The predicted molar refractivity (Wildman–Crippen MR) is 139 cm³/mol. The van der Waals surface area contributed by atoms with E-state index in [2.05, 4.69) is 19.8 Å². The first kappa shape index (κ1) is 31.6. The predicted octanol–water partition coefficient (Wildman–Crippen LogP) is 1.67. The number of carbonyl (C=O) groups is 3. The summed E-state index contributed by atoms with van der Waals surface area (Å²) in [4.78, 5) is 53.7. The first-order valence-corrected chi connectivity index (χ1v) is 12.5. The maximum Gasteiger partial charge on any atom is 3.00 e. The minimum atomic E-state index is -1.10. The number of hydrogen-bond donors (Lipinski definition) is 3. The molecule has 0 aromatic carbocycles. The van der Waals surface area contributed by atoms with Crippen molar-refractivity contribution in [1.29, 1.82) is 0 Å². The number of carboxylic acids is 3. The van der Waals surface area contributed by atoms with E-state index in [1.165, 1.54) is 12.1 Å². The van der Waals surface area contributed by atoms with Crippen LogP contribution in [0.4, 0.5) is 0 Å². The molecule has 0 aliphatic carbocycles. The molecule has 12 nitrogen and oxygen atoms in total. The van der Waals surface area contributed by atoms with Crippen LogP contribution in [0.5, 0.6) is 0 Å². The van der Waals surface area contributed by atoms with Crippen LogP contribution in [-0.2, 0) is 31.0 Å². The fourth-order valence-electron chi connectivity index (χ4n) is 4.45. The largest absolute Gasteiger partial charge is 3.00 e. The fourth-order valence-corrected chi connectivity index (χ4v) is 4.45. The minimum absolute atomic E-state index is 0. The van der Waals surface area contributed by atoms with Crippen molar-refractivity contribution in [2.75, 3.05) is 32.7 Å². The molecule has 2 bridgehead atoms. The minimum Gasteiger partial charge on any atom is -0.480 e. The molecule has 0 unspecified atom stereocenters. The molecule has 0 saturated carbocycles. The second kappa shape index (κ2) is 15.1. The van der Waals surface area contributed by atoms with Gasteiger partial charge in [0.25, 0.3) is 0 Å². The number of fused-ring (bicyclic) bond motifs is 2. The van der Waals surface area contributed by atoms with Gasteiger partial charge in [-0.3, -0.25) is 24.5 Å². The van der Waals surface area contributed by atoms with Crippen molar-refractivity contribution < 1.29 is 68.3 Å². The van der Waals surface area contributed by atoms with E-state index in [4.69, 9.17) is 4.98 Å². The van der Waals surface area contributed by atoms with Gasteiger partial charge in [0.2, 0.25) is 0 Å². The average molecular weight is 693 g/mol. The molecule has 0 amide bonds. The molecule has 3 aromatic rings. The molecule has 1 aliphatic heterocycles. The Balaban J connectivity index is 0.00000441. The Morgan fingerprint density at radius 1 is 0.625 bits per heavy atom. The van der Waals surface area contributed by atoms with Crippen LogP contribution in [-0.4, -0.2) is 95.6 Å². The molecule has 210 valence electrons. The fraction of sp³-hybridized carbons (Fsp3) is 0.333. The summed E-state index contributed by atoms with van der Waals surface area (Å²) in [5.41, 5.74) is 2.72. The first-order valence-electron chi connectivity index (χ1n) is 12.5. The normalized spacial score (nSPS) is 15.3. The van der Waals surface area contributed by atoms with Gasteiger partial charge in [-0.2, -0.15) is 0 Å². The number of hydrogen-bond acceptors (Lipinski definition) is 9. The standard InChI is InChI=1S/C27H30N6O6.Tb/c34-25(35)18-33-13-11-31(14-21-6-2-8-23(29-21)26(36)37)10-12-32(15-19-4-1-5-20(16-33)28-19)17-22-7-3-9-24(30-22)27(38)39;/h1-9H,10-18H2,(H,34,35)(H,36,37)(H,38,39);/q;+3. The summed E-state index contributed by atoms with van der Waals surface area (Å²) in [7, 11) is 0. The zero-order valence-corrected chi connectivity index (χ0v) is 23.8. The average Bonchev–Trinajstić information content (AvgIpc) is 2.89. The van der Waals surface area contributed by atoms with Gasteiger partial charge >= 0.3 is 56.5 Å². The van der Waals surface area contributed by atoms with Gasteiger partial charge in [-0.1, -0.05) is 18.2 Å². The van der Waals surface area contributed by atoms with Crippen molar-refractivity contribution in [1.82, 2.24) is 29.7 Å². The Bertz CT molecular complexity index is 1340. The quantitative estimate of drug-likeness (QED) is 0.314. The molecule has 4 rings (SSSR count). The zero-order valence-electron chi connectivity index (χ0n) is 21.6. The maximum absolute atomic E-state index is 11.5. The molecule has 0 saturated heterocycles. The molecule has 0 radical (unpaired) electrons. The third kappa shape index (κ3) is 9.59. The number of aliphatic carboxylic acids is 1. The molecule has 1 aliphatic rings. The third-order valence-electron chi connectivity index (χ3n) is 6.28. The topological polar surface area (TPSA) is 160 Å². The first-order chi connectivity index (χ1) is 18.7. The summed E-state index contributed by atoms with van der Waals surface area (Å²) in [6.45, 7) is 3.61. The molecule has 40 heavy (non-hydrogen) atoms. The van der Waals surface area contributed by atoms with Crippen LogP contribution in [0.2, 0.25) is 0 Å². The molecular formula is C27H30N6O6Tb+3. The molecule has 13 heteroatoms. The van der Waals surface area contributed by atoms with E-state index in [-0.39, 0.29) is 56.5 Å². The van der Waals surface area contributed by atoms with Crippen molar-refractivity contribution in [3.63, 3.8) is 0 Å². The molecule has 3 N–H and O–H groups in total. The molecule has 4 heterocycles. The molecular weight excluding hydrogens is 663 g/mol. The van der Waals surface area contributed by atoms with Crippen LogP contribution in [0.25, 0.3) is 0 Å². The SMILES string of the molecule is O=C(O)CN1CCN(Cc2cccc(C(=O)O)n2)CCN(Cc2cccc(C(=O)O)n2)Cc2cccc(n2)C1.[Tb+3]. The van der Waals surface area contributed by atoms with Crippen molar-refractivity contribution in [3.8, 4) is 0 Å². The van der Waals surface area contributed by atoms with Crippen LogP contribution in [0.15, 0.2) is 54.6 Å². The summed E-state index contributed by atoms with van der Waals surface area (Å²) in [5, 5.41) is 28.1. The van der Waals surface area contributed by atoms with Crippen molar-refractivity contribution >= 4 is 17.9 Å². The van der Waals surface area contributed by atoms with E-state index in [1.54, 1.807) is 24.3 Å².